The summed E-state index contributed by atoms with van der Waals surface area (Å²) in [6.07, 6.45) is 8.12. The molecule has 0 spiro atoms. The number of nitrogens with one attached hydrogen (secondary N) is 1. The van der Waals surface area contributed by atoms with Crippen molar-refractivity contribution in [3.63, 3.8) is 0 Å². The Morgan fingerprint density at radius 3 is 3.00 bits per heavy atom. The van der Waals surface area contributed by atoms with E-state index in [-0.39, 0.29) is 0 Å². The zero-order valence-corrected chi connectivity index (χ0v) is 12.3. The van der Waals surface area contributed by atoms with Crippen LogP contribution in [-0.4, -0.2) is 34.0 Å². The summed E-state index contributed by atoms with van der Waals surface area (Å²) in [6, 6.07) is 10.8. The summed E-state index contributed by atoms with van der Waals surface area (Å²) in [5.74, 6) is 0. The summed E-state index contributed by atoms with van der Waals surface area (Å²) in [5.41, 5.74) is 2.41. The molecule has 110 valence electrons. The summed E-state index contributed by atoms with van der Waals surface area (Å²) in [4.78, 5) is 11.1. The van der Waals surface area contributed by atoms with Crippen molar-refractivity contribution in [1.82, 2.24) is 20.2 Å². The van der Waals surface area contributed by atoms with Crippen LogP contribution in [0.5, 0.6) is 0 Å². The quantitative estimate of drug-likeness (QED) is 0.913. The molecule has 1 saturated heterocycles. The number of rotatable bonds is 5. The Labute approximate surface area is 126 Å². The third-order valence-electron chi connectivity index (χ3n) is 3.93. The van der Waals surface area contributed by atoms with Gasteiger partial charge in [0.2, 0.25) is 0 Å². The summed E-state index contributed by atoms with van der Waals surface area (Å²) in [7, 11) is 0. The summed E-state index contributed by atoms with van der Waals surface area (Å²) in [6.45, 7) is 4.11. The van der Waals surface area contributed by atoms with Crippen LogP contribution in [0, 0.1) is 0 Å². The van der Waals surface area contributed by atoms with Gasteiger partial charge >= 0.3 is 0 Å². The van der Waals surface area contributed by atoms with Crippen LogP contribution in [0.15, 0.2) is 48.9 Å². The molecule has 3 heterocycles. The van der Waals surface area contributed by atoms with Crippen LogP contribution in [0.3, 0.4) is 0 Å². The van der Waals surface area contributed by atoms with Gasteiger partial charge < -0.3 is 5.32 Å². The average Bonchev–Trinajstić information content (AvgIpc) is 2.55. The maximum absolute atomic E-state index is 4.42. The van der Waals surface area contributed by atoms with Crippen LogP contribution < -0.4 is 5.32 Å². The van der Waals surface area contributed by atoms with Gasteiger partial charge in [0.05, 0.1) is 5.69 Å². The molecule has 2 aromatic rings. The van der Waals surface area contributed by atoms with E-state index in [4.69, 9.17) is 0 Å². The van der Waals surface area contributed by atoms with E-state index >= 15 is 0 Å². The summed E-state index contributed by atoms with van der Waals surface area (Å²) in [5, 5.41) is 3.65. The van der Waals surface area contributed by atoms with Crippen LogP contribution in [-0.2, 0) is 13.1 Å². The normalized spacial score (nSPS) is 19.5. The third-order valence-corrected chi connectivity index (χ3v) is 3.93. The minimum atomic E-state index is 0.558. The Morgan fingerprint density at radius 1 is 1.19 bits per heavy atom. The van der Waals surface area contributed by atoms with E-state index < -0.39 is 0 Å². The van der Waals surface area contributed by atoms with Gasteiger partial charge in [-0.05, 0) is 43.1 Å². The van der Waals surface area contributed by atoms with E-state index in [1.165, 1.54) is 24.9 Å². The Balaban J connectivity index is 1.49. The fourth-order valence-corrected chi connectivity index (χ4v) is 2.85. The lowest BCUT2D eigenvalue weighted by Crippen LogP contribution is -2.45. The Morgan fingerprint density at radius 2 is 2.19 bits per heavy atom. The first-order valence-corrected chi connectivity index (χ1v) is 7.65. The first-order chi connectivity index (χ1) is 10.4. The van der Waals surface area contributed by atoms with Crippen molar-refractivity contribution in [2.45, 2.75) is 32.0 Å². The van der Waals surface area contributed by atoms with Gasteiger partial charge in [0.1, 0.15) is 0 Å². The van der Waals surface area contributed by atoms with E-state index in [9.17, 15) is 0 Å². The molecule has 1 fully saturated rings. The SMILES string of the molecule is c1ccc(CN2CCCC(NCc3cccnc3)C2)nc1. The monoisotopic (exact) mass is 282 g/mol. The highest BCUT2D eigenvalue weighted by atomic mass is 15.2. The minimum absolute atomic E-state index is 0.558. The second-order valence-corrected chi connectivity index (χ2v) is 5.64. The Kier molecular flexibility index (Phi) is 4.92. The second-order valence-electron chi connectivity index (χ2n) is 5.64. The number of nitrogens with zero attached hydrogens (tertiary/aromatic N) is 3. The van der Waals surface area contributed by atoms with Gasteiger partial charge in [-0.2, -0.15) is 0 Å². The minimum Gasteiger partial charge on any atom is -0.309 e. The standard InChI is InChI=1S/C17H22N4/c1-2-9-19-16(6-1)13-21-10-4-7-17(14-21)20-12-15-5-3-8-18-11-15/h1-3,5-6,8-9,11,17,20H,4,7,10,12-14H2. The topological polar surface area (TPSA) is 41.0 Å². The molecule has 0 saturated carbocycles. The Bertz CT molecular complexity index is 529. The van der Waals surface area contributed by atoms with Crippen LogP contribution in [0.4, 0.5) is 0 Å². The van der Waals surface area contributed by atoms with Crippen molar-refractivity contribution >= 4 is 0 Å². The molecular formula is C17H22N4. The number of pyridine rings is 2. The first-order valence-electron chi connectivity index (χ1n) is 7.65. The zero-order valence-electron chi connectivity index (χ0n) is 12.3. The van der Waals surface area contributed by atoms with Gasteiger partial charge in [-0.25, -0.2) is 0 Å². The van der Waals surface area contributed by atoms with Gasteiger partial charge in [0.15, 0.2) is 0 Å². The van der Waals surface area contributed by atoms with E-state index in [1.807, 2.05) is 30.7 Å². The van der Waals surface area contributed by atoms with Crippen LogP contribution in [0.1, 0.15) is 24.1 Å². The molecule has 1 N–H and O–H groups in total. The highest BCUT2D eigenvalue weighted by Gasteiger charge is 2.19. The lowest BCUT2D eigenvalue weighted by atomic mass is 10.1. The fraction of sp³-hybridized carbons (Fsp3) is 0.412. The van der Waals surface area contributed by atoms with Crippen LogP contribution in [0.25, 0.3) is 0 Å². The molecule has 0 radical (unpaired) electrons. The van der Waals surface area contributed by atoms with Gasteiger partial charge in [0, 0.05) is 44.3 Å². The maximum Gasteiger partial charge on any atom is 0.0543 e. The van der Waals surface area contributed by atoms with Crippen molar-refractivity contribution in [3.8, 4) is 0 Å². The number of hydrogen-bond donors (Lipinski definition) is 1. The van der Waals surface area contributed by atoms with Gasteiger partial charge in [-0.3, -0.25) is 14.9 Å². The maximum atomic E-state index is 4.42. The summed E-state index contributed by atoms with van der Waals surface area (Å²) >= 11 is 0. The fourth-order valence-electron chi connectivity index (χ4n) is 2.85. The summed E-state index contributed by atoms with van der Waals surface area (Å²) < 4.78 is 0. The average molecular weight is 282 g/mol. The molecule has 1 atom stereocenters. The van der Waals surface area contributed by atoms with Gasteiger partial charge in [0.25, 0.3) is 0 Å². The number of piperidine rings is 1. The van der Waals surface area contributed by atoms with Crippen molar-refractivity contribution in [1.29, 1.82) is 0 Å². The number of likely N-dealkylation sites (tertiary alicyclic amines) is 1. The third kappa shape index (κ3) is 4.34. The highest BCUT2D eigenvalue weighted by molar-refractivity contribution is 5.08. The molecule has 1 aliphatic rings. The molecule has 2 aromatic heterocycles. The van der Waals surface area contributed by atoms with Crippen LogP contribution >= 0.6 is 0 Å². The van der Waals surface area contributed by atoms with Crippen molar-refractivity contribution in [2.75, 3.05) is 13.1 Å². The van der Waals surface area contributed by atoms with Crippen molar-refractivity contribution in [3.05, 3.63) is 60.2 Å². The van der Waals surface area contributed by atoms with Crippen molar-refractivity contribution in [2.24, 2.45) is 0 Å². The number of hydrogen-bond acceptors (Lipinski definition) is 4. The smallest absolute Gasteiger partial charge is 0.0543 e. The molecule has 21 heavy (non-hydrogen) atoms. The van der Waals surface area contributed by atoms with E-state index in [2.05, 4.69) is 38.4 Å². The molecule has 4 nitrogen and oxygen atoms in total. The largest absolute Gasteiger partial charge is 0.309 e. The lowest BCUT2D eigenvalue weighted by Gasteiger charge is -2.33. The van der Waals surface area contributed by atoms with Crippen LogP contribution in [0.2, 0.25) is 0 Å². The predicted molar refractivity (Wildman–Crippen MR) is 83.6 cm³/mol. The van der Waals surface area contributed by atoms with E-state index in [1.54, 1.807) is 0 Å². The molecule has 0 amide bonds. The van der Waals surface area contributed by atoms with E-state index in [0.717, 1.165) is 25.3 Å². The predicted octanol–water partition coefficient (Wildman–Crippen LogP) is 2.23. The second kappa shape index (κ2) is 7.29. The molecule has 0 aliphatic carbocycles. The van der Waals surface area contributed by atoms with Crippen molar-refractivity contribution < 1.29 is 0 Å². The molecule has 1 unspecified atom stereocenters. The van der Waals surface area contributed by atoms with E-state index in [0.29, 0.717) is 6.04 Å². The Hall–Kier alpha value is -1.78. The van der Waals surface area contributed by atoms with Gasteiger partial charge in [-0.15, -0.1) is 0 Å². The first kappa shape index (κ1) is 14.2. The highest BCUT2D eigenvalue weighted by Crippen LogP contribution is 2.13. The molecule has 0 bridgehead atoms. The molecule has 3 rings (SSSR count). The molecule has 1 aliphatic heterocycles. The lowest BCUT2D eigenvalue weighted by molar-refractivity contribution is 0.181. The number of aromatic nitrogens is 2. The van der Waals surface area contributed by atoms with Gasteiger partial charge in [-0.1, -0.05) is 12.1 Å². The molecule has 4 heteroatoms. The molecular weight excluding hydrogens is 260 g/mol. The molecule has 0 aromatic carbocycles. The zero-order chi connectivity index (χ0) is 14.3.